The predicted octanol–water partition coefficient (Wildman–Crippen LogP) is 6.14. The van der Waals surface area contributed by atoms with Crippen LogP contribution in [0, 0.1) is 0 Å². The van der Waals surface area contributed by atoms with E-state index in [4.69, 9.17) is 15.9 Å². The van der Waals surface area contributed by atoms with Crippen LogP contribution in [0.25, 0.3) is 0 Å². The van der Waals surface area contributed by atoms with Crippen LogP contribution in [0.1, 0.15) is 68.5 Å². The highest BCUT2D eigenvalue weighted by Gasteiger charge is 2.32. The first-order chi connectivity index (χ1) is 21.0. The van der Waals surface area contributed by atoms with Crippen LogP contribution in [-0.2, 0) is 25.2 Å². The number of carboxylic acids is 2. The number of benzene rings is 2. The molecule has 1 aliphatic rings. The van der Waals surface area contributed by atoms with Crippen molar-refractivity contribution in [2.45, 2.75) is 63.8 Å². The summed E-state index contributed by atoms with van der Waals surface area (Å²) >= 11 is 3.27. The summed E-state index contributed by atoms with van der Waals surface area (Å²) in [6, 6.07) is 15.3. The summed E-state index contributed by atoms with van der Waals surface area (Å²) in [7, 11) is 0. The van der Waals surface area contributed by atoms with Gasteiger partial charge in [-0.1, -0.05) is 59.7 Å². The molecule has 1 saturated heterocycles. The third-order valence-electron chi connectivity index (χ3n) is 6.68. The molecule has 0 radical (unpaired) electrons. The van der Waals surface area contributed by atoms with Crippen molar-refractivity contribution in [1.82, 2.24) is 5.32 Å². The first-order valence-corrected chi connectivity index (χ1v) is 16.1. The Labute approximate surface area is 271 Å². The number of nitrogens with one attached hydrogen (secondary N) is 2. The van der Waals surface area contributed by atoms with Crippen molar-refractivity contribution >= 4 is 58.2 Å². The third-order valence-corrected chi connectivity index (χ3v) is 8.84. The highest BCUT2D eigenvalue weighted by Crippen LogP contribution is 2.41. The minimum atomic E-state index is -1.26. The van der Waals surface area contributed by atoms with E-state index >= 15 is 0 Å². The van der Waals surface area contributed by atoms with Crippen molar-refractivity contribution in [2.75, 3.05) is 11.1 Å². The molecule has 1 amide bonds. The molecule has 0 bridgehead atoms. The van der Waals surface area contributed by atoms with Gasteiger partial charge in [-0.3, -0.25) is 10.1 Å². The maximum atomic E-state index is 13.2. The van der Waals surface area contributed by atoms with Crippen molar-refractivity contribution in [3.63, 3.8) is 0 Å². The highest BCUT2D eigenvalue weighted by atomic mass is 32.2. The zero-order valence-corrected chi connectivity index (χ0v) is 27.8. The number of phenolic OH excluding ortho intramolecular Hbond substituents is 1. The van der Waals surface area contributed by atoms with Crippen molar-refractivity contribution in [3.8, 4) is 5.75 Å². The third kappa shape index (κ3) is 10.2. The number of anilines is 1. The van der Waals surface area contributed by atoms with Gasteiger partial charge in [0.2, 0.25) is 5.91 Å². The number of thioether (sulfide) groups is 1. The Balaban J connectivity index is 0.000000610. The van der Waals surface area contributed by atoms with Gasteiger partial charge < -0.3 is 26.4 Å². The molecule has 0 saturated carbocycles. The molecular weight excluding hydrogens is 613 g/mol. The number of carboxylic acid groups (broad SMARTS) is 2. The molecule has 240 valence electrons. The number of carbonyl (C=O) groups is 3. The number of aliphatic carboxylic acids is 2. The van der Waals surface area contributed by atoms with Crippen LogP contribution in [-0.4, -0.2) is 50.8 Å². The summed E-state index contributed by atoms with van der Waals surface area (Å²) in [6.45, 7) is 12.4. The normalized spacial score (nSPS) is 17.1. The lowest BCUT2D eigenvalue weighted by Crippen LogP contribution is -2.38. The van der Waals surface area contributed by atoms with E-state index in [2.05, 4.69) is 57.2 Å². The topological polar surface area (TPSA) is 174 Å². The number of rotatable bonds is 7. The molecule has 12 heteroatoms. The van der Waals surface area contributed by atoms with E-state index in [0.29, 0.717) is 35.2 Å². The molecule has 0 spiro atoms. The fourth-order valence-corrected chi connectivity index (χ4v) is 6.25. The molecule has 10 nitrogen and oxygen atoms in total. The number of aromatic hydroxyl groups is 1. The first kappa shape index (κ1) is 35.4. The van der Waals surface area contributed by atoms with Crippen LogP contribution in [0.5, 0.6) is 5.75 Å². The maximum Gasteiger partial charge on any atom is 0.328 e. The number of phenols is 1. The Morgan fingerprint density at radius 2 is 1.51 bits per heavy atom. The molecule has 1 aliphatic heterocycles. The van der Waals surface area contributed by atoms with E-state index < -0.39 is 11.9 Å². The number of hydrogen-bond donors (Lipinski definition) is 6. The van der Waals surface area contributed by atoms with Gasteiger partial charge in [0.05, 0.1) is 22.0 Å². The molecule has 0 aliphatic carbocycles. The molecule has 7 N–H and O–H groups in total. The van der Waals surface area contributed by atoms with Gasteiger partial charge in [-0.2, -0.15) is 0 Å². The first-order valence-electron chi connectivity index (χ1n) is 14.1. The van der Waals surface area contributed by atoms with Crippen LogP contribution in [0.2, 0.25) is 0 Å². The zero-order valence-electron chi connectivity index (χ0n) is 26.1. The Morgan fingerprint density at radius 1 is 0.956 bits per heavy atom. The quantitative estimate of drug-likeness (QED) is 0.0758. The summed E-state index contributed by atoms with van der Waals surface area (Å²) in [5, 5.41) is 35.1. The number of thiophene rings is 1. The molecule has 3 aromatic rings. The summed E-state index contributed by atoms with van der Waals surface area (Å²) in [6.07, 6.45) is 1.12. The second-order valence-corrected chi connectivity index (χ2v) is 14.5. The van der Waals surface area contributed by atoms with Gasteiger partial charge in [0.25, 0.3) is 0 Å². The molecular formula is C33H40N4O6S2. The lowest BCUT2D eigenvalue weighted by Gasteiger charge is -2.28. The number of amides is 1. The van der Waals surface area contributed by atoms with E-state index in [0.717, 1.165) is 27.3 Å². The molecule has 4 rings (SSSR count). The fourth-order valence-electron chi connectivity index (χ4n) is 4.38. The monoisotopic (exact) mass is 652 g/mol. The van der Waals surface area contributed by atoms with Gasteiger partial charge in [-0.15, -0.1) is 23.1 Å². The second kappa shape index (κ2) is 14.8. The van der Waals surface area contributed by atoms with Gasteiger partial charge in [0, 0.05) is 34.7 Å². The fraction of sp³-hybridized carbons (Fsp3) is 0.333. The standard InChI is InChI=1S/C29H36N4O2S2.C4H4O4/c1-28(2,3)20-14-19(15-21(24(20)34)29(4,5)6)32-26(35)22-16-37-27(33-22)17-9-11-18(12-10-17)31-25(30)23-8-7-13-36-23;5-3(6)1-2-4(7)8/h7-15,22,27,33-34H,16H2,1-6H3,(H2,30,31)(H,32,35);1-2H,(H,5,6)(H,7,8)/b;2-1+/t22-,27?;/m0./s1. The number of nitrogens with zero attached hydrogens (tertiary/aromatic N) is 1. The minimum Gasteiger partial charge on any atom is -0.507 e. The summed E-state index contributed by atoms with van der Waals surface area (Å²) < 4.78 is 0. The van der Waals surface area contributed by atoms with E-state index in [1.54, 1.807) is 23.1 Å². The Hall–Kier alpha value is -4.13. The van der Waals surface area contributed by atoms with E-state index in [1.807, 2.05) is 53.9 Å². The largest absolute Gasteiger partial charge is 0.507 e. The van der Waals surface area contributed by atoms with Crippen LogP contribution >= 0.6 is 23.1 Å². The maximum absolute atomic E-state index is 13.2. The Morgan fingerprint density at radius 3 is 1.98 bits per heavy atom. The van der Waals surface area contributed by atoms with Gasteiger partial charge >= 0.3 is 11.9 Å². The molecule has 1 fully saturated rings. The van der Waals surface area contributed by atoms with Crippen LogP contribution in [0.4, 0.5) is 11.4 Å². The van der Waals surface area contributed by atoms with Gasteiger partial charge in [0.1, 0.15) is 11.6 Å². The molecule has 1 unspecified atom stereocenters. The Bertz CT molecular complexity index is 1520. The number of aliphatic imine (C=N–C) groups is 1. The highest BCUT2D eigenvalue weighted by molar-refractivity contribution is 7.99. The molecule has 2 heterocycles. The van der Waals surface area contributed by atoms with Crippen LogP contribution in [0.15, 0.2) is 71.1 Å². The molecule has 2 aromatic carbocycles. The lowest BCUT2D eigenvalue weighted by molar-refractivity contribution is -0.134. The second-order valence-electron chi connectivity index (χ2n) is 12.4. The zero-order chi connectivity index (χ0) is 33.5. The van der Waals surface area contributed by atoms with Crippen molar-refractivity contribution < 1.29 is 29.7 Å². The summed E-state index contributed by atoms with van der Waals surface area (Å²) in [5.74, 6) is -1.12. The average molecular weight is 653 g/mol. The van der Waals surface area contributed by atoms with Gasteiger partial charge in [0.15, 0.2) is 0 Å². The number of carbonyl (C=O) groups excluding carboxylic acids is 1. The van der Waals surface area contributed by atoms with E-state index in [9.17, 15) is 19.5 Å². The molecule has 2 atom stereocenters. The number of nitrogens with two attached hydrogens (primary N) is 1. The van der Waals surface area contributed by atoms with Crippen LogP contribution in [0.3, 0.4) is 0 Å². The molecule has 1 aromatic heterocycles. The van der Waals surface area contributed by atoms with Crippen molar-refractivity contribution in [3.05, 3.63) is 87.6 Å². The molecule has 45 heavy (non-hydrogen) atoms. The average Bonchev–Trinajstić information content (AvgIpc) is 3.66. The summed E-state index contributed by atoms with van der Waals surface area (Å²) in [5.41, 5.74) is 9.82. The van der Waals surface area contributed by atoms with Crippen molar-refractivity contribution in [1.29, 1.82) is 0 Å². The number of hydrogen-bond acceptors (Lipinski definition) is 8. The minimum absolute atomic E-state index is 0.0125. The number of amidine groups is 1. The predicted molar refractivity (Wildman–Crippen MR) is 182 cm³/mol. The SMILES string of the molecule is CC(C)(C)c1cc(NC(=O)[C@@H]2CSC(c3ccc(N=C(N)c4cccs4)cc3)N2)cc(C(C)(C)C)c1O.O=C(O)/C=C/C(=O)O. The van der Waals surface area contributed by atoms with E-state index in [1.165, 1.54) is 0 Å². The smallest absolute Gasteiger partial charge is 0.328 e. The van der Waals surface area contributed by atoms with Gasteiger partial charge in [-0.05, 0) is 52.1 Å². The van der Waals surface area contributed by atoms with Crippen LogP contribution < -0.4 is 16.4 Å². The summed E-state index contributed by atoms with van der Waals surface area (Å²) in [4.78, 5) is 37.8. The van der Waals surface area contributed by atoms with E-state index in [-0.39, 0.29) is 28.2 Å². The van der Waals surface area contributed by atoms with Crippen molar-refractivity contribution in [2.24, 2.45) is 10.7 Å². The Kier molecular flexibility index (Phi) is 11.6. The lowest BCUT2D eigenvalue weighted by atomic mass is 9.79. The van der Waals surface area contributed by atoms with Gasteiger partial charge in [-0.25, -0.2) is 14.6 Å².